The first-order valence-corrected chi connectivity index (χ1v) is 6.09. The minimum absolute atomic E-state index is 0.0354. The topological polar surface area (TPSA) is 50.9 Å². The SMILES string of the molecule is Cc1sccc1C(NN)c1ccnc(Cl)c1. The van der Waals surface area contributed by atoms with Gasteiger partial charge in [-0.05, 0) is 41.6 Å². The number of aryl methyl sites for hydroxylation is 1. The summed E-state index contributed by atoms with van der Waals surface area (Å²) >= 11 is 7.57. The van der Waals surface area contributed by atoms with Gasteiger partial charge in [-0.15, -0.1) is 11.3 Å². The van der Waals surface area contributed by atoms with Crippen molar-refractivity contribution in [2.24, 2.45) is 5.84 Å². The minimum Gasteiger partial charge on any atom is -0.271 e. The monoisotopic (exact) mass is 253 g/mol. The maximum absolute atomic E-state index is 5.87. The molecule has 0 spiro atoms. The highest BCUT2D eigenvalue weighted by Crippen LogP contribution is 2.28. The van der Waals surface area contributed by atoms with Crippen LogP contribution in [0.3, 0.4) is 0 Å². The molecule has 2 rings (SSSR count). The molecule has 1 atom stereocenters. The maximum atomic E-state index is 5.87. The van der Waals surface area contributed by atoms with Gasteiger partial charge in [-0.25, -0.2) is 10.4 Å². The summed E-state index contributed by atoms with van der Waals surface area (Å²) in [7, 11) is 0. The van der Waals surface area contributed by atoms with Gasteiger partial charge in [-0.1, -0.05) is 11.6 Å². The van der Waals surface area contributed by atoms with Crippen LogP contribution in [0.2, 0.25) is 5.15 Å². The maximum Gasteiger partial charge on any atom is 0.129 e. The smallest absolute Gasteiger partial charge is 0.129 e. The Bertz CT molecular complexity index is 484. The van der Waals surface area contributed by atoms with Gasteiger partial charge in [0.15, 0.2) is 0 Å². The molecule has 5 heteroatoms. The highest BCUT2D eigenvalue weighted by molar-refractivity contribution is 7.10. The molecule has 0 saturated carbocycles. The van der Waals surface area contributed by atoms with E-state index in [9.17, 15) is 0 Å². The number of halogens is 1. The Balaban J connectivity index is 2.40. The number of pyridine rings is 1. The van der Waals surface area contributed by atoms with Crippen LogP contribution in [-0.2, 0) is 0 Å². The van der Waals surface area contributed by atoms with E-state index >= 15 is 0 Å². The summed E-state index contributed by atoms with van der Waals surface area (Å²) in [6.07, 6.45) is 1.68. The molecule has 0 bridgehead atoms. The lowest BCUT2D eigenvalue weighted by atomic mass is 10.0. The summed E-state index contributed by atoms with van der Waals surface area (Å²) in [6, 6.07) is 5.77. The van der Waals surface area contributed by atoms with E-state index in [4.69, 9.17) is 17.4 Å². The summed E-state index contributed by atoms with van der Waals surface area (Å²) in [5, 5.41) is 2.53. The van der Waals surface area contributed by atoms with E-state index in [1.807, 2.05) is 12.1 Å². The number of hydrogen-bond acceptors (Lipinski definition) is 4. The van der Waals surface area contributed by atoms with Crippen molar-refractivity contribution in [2.75, 3.05) is 0 Å². The second-order valence-electron chi connectivity index (χ2n) is 3.44. The number of hydrazine groups is 1. The molecule has 3 nitrogen and oxygen atoms in total. The fourth-order valence-corrected chi connectivity index (χ4v) is 2.58. The zero-order chi connectivity index (χ0) is 11.5. The quantitative estimate of drug-likeness (QED) is 0.502. The van der Waals surface area contributed by atoms with Crippen molar-refractivity contribution in [1.29, 1.82) is 0 Å². The Labute approximate surface area is 103 Å². The predicted molar refractivity (Wildman–Crippen MR) is 67.5 cm³/mol. The van der Waals surface area contributed by atoms with Crippen molar-refractivity contribution in [3.8, 4) is 0 Å². The number of nitrogens with two attached hydrogens (primary N) is 1. The van der Waals surface area contributed by atoms with Gasteiger partial charge in [0.25, 0.3) is 0 Å². The van der Waals surface area contributed by atoms with Crippen LogP contribution >= 0.6 is 22.9 Å². The van der Waals surface area contributed by atoms with Crippen LogP contribution < -0.4 is 11.3 Å². The van der Waals surface area contributed by atoms with Crippen LogP contribution in [0.15, 0.2) is 29.8 Å². The highest BCUT2D eigenvalue weighted by Gasteiger charge is 2.15. The number of thiophene rings is 1. The lowest BCUT2D eigenvalue weighted by Gasteiger charge is -2.16. The zero-order valence-electron chi connectivity index (χ0n) is 8.77. The van der Waals surface area contributed by atoms with Crippen LogP contribution in [0.5, 0.6) is 0 Å². The molecule has 1 unspecified atom stereocenters. The molecule has 2 heterocycles. The lowest BCUT2D eigenvalue weighted by Crippen LogP contribution is -2.29. The molecular formula is C11H12ClN3S. The van der Waals surface area contributed by atoms with Crippen LogP contribution in [-0.4, -0.2) is 4.98 Å². The average Bonchev–Trinajstić information content (AvgIpc) is 2.67. The van der Waals surface area contributed by atoms with Gasteiger partial charge in [0.1, 0.15) is 5.15 Å². The van der Waals surface area contributed by atoms with E-state index < -0.39 is 0 Å². The summed E-state index contributed by atoms with van der Waals surface area (Å²) in [5.41, 5.74) is 5.00. The van der Waals surface area contributed by atoms with E-state index in [0.29, 0.717) is 5.15 Å². The Morgan fingerprint density at radius 1 is 1.50 bits per heavy atom. The molecule has 0 radical (unpaired) electrons. The summed E-state index contributed by atoms with van der Waals surface area (Å²) in [4.78, 5) is 5.21. The van der Waals surface area contributed by atoms with Gasteiger partial charge in [-0.2, -0.15) is 0 Å². The molecule has 3 N–H and O–H groups in total. The van der Waals surface area contributed by atoms with Crippen LogP contribution in [0.25, 0.3) is 0 Å². The summed E-state index contributed by atoms with van der Waals surface area (Å²) in [5.74, 6) is 5.61. The Kier molecular flexibility index (Phi) is 3.56. The van der Waals surface area contributed by atoms with Crippen molar-refractivity contribution < 1.29 is 0 Å². The van der Waals surface area contributed by atoms with Gasteiger partial charge in [0.05, 0.1) is 6.04 Å². The lowest BCUT2D eigenvalue weighted by molar-refractivity contribution is 0.635. The molecule has 0 saturated heterocycles. The van der Waals surface area contributed by atoms with Crippen molar-refractivity contribution in [1.82, 2.24) is 10.4 Å². The van der Waals surface area contributed by atoms with Gasteiger partial charge >= 0.3 is 0 Å². The van der Waals surface area contributed by atoms with E-state index in [2.05, 4.69) is 28.8 Å². The van der Waals surface area contributed by atoms with Gasteiger partial charge in [0, 0.05) is 11.1 Å². The molecule has 0 fully saturated rings. The van der Waals surface area contributed by atoms with Crippen molar-refractivity contribution in [2.45, 2.75) is 13.0 Å². The van der Waals surface area contributed by atoms with Crippen molar-refractivity contribution in [3.05, 3.63) is 50.9 Å². The molecule has 0 amide bonds. The van der Waals surface area contributed by atoms with Crippen LogP contribution in [0.1, 0.15) is 22.0 Å². The molecule has 0 aliphatic heterocycles. The van der Waals surface area contributed by atoms with E-state index in [1.165, 1.54) is 10.4 Å². The van der Waals surface area contributed by atoms with Gasteiger partial charge in [-0.3, -0.25) is 5.84 Å². The molecule has 2 aromatic rings. The number of hydrogen-bond donors (Lipinski definition) is 2. The summed E-state index contributed by atoms with van der Waals surface area (Å²) in [6.45, 7) is 2.08. The first kappa shape index (κ1) is 11.5. The van der Waals surface area contributed by atoms with Crippen LogP contribution in [0.4, 0.5) is 0 Å². The fourth-order valence-electron chi connectivity index (χ4n) is 1.66. The molecule has 0 aliphatic rings. The standard InChI is InChI=1S/C11H12ClN3S/c1-7-9(3-5-16-7)11(15-13)8-2-4-14-10(12)6-8/h2-6,11,15H,13H2,1H3. The second-order valence-corrected chi connectivity index (χ2v) is 4.95. The zero-order valence-corrected chi connectivity index (χ0v) is 10.3. The van der Waals surface area contributed by atoms with Crippen LogP contribution in [0, 0.1) is 6.92 Å². The first-order chi connectivity index (χ1) is 7.72. The largest absolute Gasteiger partial charge is 0.271 e. The third kappa shape index (κ3) is 2.25. The Hall–Kier alpha value is -0.940. The van der Waals surface area contributed by atoms with Gasteiger partial charge < -0.3 is 0 Å². The highest BCUT2D eigenvalue weighted by atomic mass is 35.5. The minimum atomic E-state index is -0.0354. The third-order valence-electron chi connectivity index (χ3n) is 2.46. The van der Waals surface area contributed by atoms with Crippen molar-refractivity contribution in [3.63, 3.8) is 0 Å². The molecule has 16 heavy (non-hydrogen) atoms. The van der Waals surface area contributed by atoms with Crippen molar-refractivity contribution >= 4 is 22.9 Å². The number of nitrogens with one attached hydrogen (secondary N) is 1. The first-order valence-electron chi connectivity index (χ1n) is 4.84. The van der Waals surface area contributed by atoms with Gasteiger partial charge in [0.2, 0.25) is 0 Å². The second kappa shape index (κ2) is 4.93. The predicted octanol–water partition coefficient (Wildman–Crippen LogP) is 2.66. The normalized spacial score (nSPS) is 12.7. The summed E-state index contributed by atoms with van der Waals surface area (Å²) < 4.78 is 0. The molecule has 2 aromatic heterocycles. The number of aromatic nitrogens is 1. The molecule has 84 valence electrons. The Morgan fingerprint density at radius 2 is 2.31 bits per heavy atom. The number of nitrogens with zero attached hydrogens (tertiary/aromatic N) is 1. The fraction of sp³-hybridized carbons (Fsp3) is 0.182. The third-order valence-corrected chi connectivity index (χ3v) is 3.53. The molecule has 0 aliphatic carbocycles. The average molecular weight is 254 g/mol. The van der Waals surface area contributed by atoms with E-state index in [0.717, 1.165) is 5.56 Å². The molecule has 0 aromatic carbocycles. The molecular weight excluding hydrogens is 242 g/mol. The Morgan fingerprint density at radius 3 is 2.88 bits per heavy atom. The van der Waals surface area contributed by atoms with E-state index in [-0.39, 0.29) is 6.04 Å². The number of rotatable bonds is 3. The van der Waals surface area contributed by atoms with E-state index in [1.54, 1.807) is 17.5 Å².